The van der Waals surface area contributed by atoms with Gasteiger partial charge in [0.05, 0.1) is 7.11 Å². The van der Waals surface area contributed by atoms with Crippen molar-refractivity contribution < 1.29 is 32.3 Å². The number of hydrogen-bond acceptors (Lipinski definition) is 6. The molecule has 0 spiro atoms. The van der Waals surface area contributed by atoms with Gasteiger partial charge in [-0.3, -0.25) is 4.79 Å². The molecule has 0 aliphatic rings. The quantitative estimate of drug-likeness (QED) is 0.732. The molecule has 0 fully saturated rings. The number of carbonyl (C=O) groups excluding carboxylic acids is 1. The zero-order valence-corrected chi connectivity index (χ0v) is 11.4. The summed E-state index contributed by atoms with van der Waals surface area (Å²) in [6, 6.07) is 0.825. The number of carbonyl (C=O) groups is 2. The van der Waals surface area contributed by atoms with Gasteiger partial charge in [0.25, 0.3) is 0 Å². The van der Waals surface area contributed by atoms with Crippen molar-refractivity contribution in [2.45, 2.75) is 4.90 Å². The Morgan fingerprint density at radius 2 is 2.17 bits per heavy atom. The summed E-state index contributed by atoms with van der Waals surface area (Å²) < 4.78 is 34.0. The van der Waals surface area contributed by atoms with Crippen LogP contribution in [0.5, 0.6) is 0 Å². The predicted molar refractivity (Wildman–Crippen MR) is 60.6 cm³/mol. The van der Waals surface area contributed by atoms with E-state index in [1.807, 2.05) is 4.72 Å². The van der Waals surface area contributed by atoms with Crippen molar-refractivity contribution in [2.75, 3.05) is 13.7 Å². The summed E-state index contributed by atoms with van der Waals surface area (Å²) in [5, 5.41) is 8.64. The highest BCUT2D eigenvalue weighted by atomic mass is 79.9. The molecule has 0 aliphatic carbocycles. The molecule has 0 atom stereocenters. The molecule has 0 saturated heterocycles. The van der Waals surface area contributed by atoms with Gasteiger partial charge in [0, 0.05) is 6.07 Å². The maximum absolute atomic E-state index is 11.7. The van der Waals surface area contributed by atoms with E-state index in [9.17, 15) is 18.0 Å². The average molecular weight is 342 g/mol. The van der Waals surface area contributed by atoms with Crippen LogP contribution in [0.4, 0.5) is 0 Å². The Balaban J connectivity index is 2.98. The van der Waals surface area contributed by atoms with E-state index in [1.54, 1.807) is 0 Å². The van der Waals surface area contributed by atoms with Gasteiger partial charge >= 0.3 is 11.9 Å². The molecule has 0 radical (unpaired) electrons. The van der Waals surface area contributed by atoms with Gasteiger partial charge in [0.2, 0.25) is 15.8 Å². The van der Waals surface area contributed by atoms with E-state index >= 15 is 0 Å². The summed E-state index contributed by atoms with van der Waals surface area (Å²) in [5.41, 5.74) is 0. The van der Waals surface area contributed by atoms with Crippen LogP contribution in [0.2, 0.25) is 0 Å². The summed E-state index contributed by atoms with van der Waals surface area (Å²) in [7, 11) is -2.96. The predicted octanol–water partition coefficient (Wildman–Crippen LogP) is 0.192. The van der Waals surface area contributed by atoms with Crippen LogP contribution in [0.25, 0.3) is 0 Å². The fourth-order valence-electron chi connectivity index (χ4n) is 0.945. The summed E-state index contributed by atoms with van der Waals surface area (Å²) in [6.07, 6.45) is 0. The SMILES string of the molecule is COC(=O)CNS(=O)(=O)c1cc(C(=O)O)oc1Br. The molecule has 8 nitrogen and oxygen atoms in total. The van der Waals surface area contributed by atoms with Crippen LogP contribution >= 0.6 is 15.9 Å². The maximum atomic E-state index is 11.7. The Labute approximate surface area is 110 Å². The minimum atomic E-state index is -4.06. The highest BCUT2D eigenvalue weighted by molar-refractivity contribution is 9.10. The van der Waals surface area contributed by atoms with Gasteiger partial charge in [-0.15, -0.1) is 0 Å². The number of carboxylic acid groups (broad SMARTS) is 1. The molecule has 0 unspecified atom stereocenters. The topological polar surface area (TPSA) is 123 Å². The Hall–Kier alpha value is -1.39. The van der Waals surface area contributed by atoms with Crippen molar-refractivity contribution in [1.82, 2.24) is 4.72 Å². The van der Waals surface area contributed by atoms with Crippen LogP contribution in [0.15, 0.2) is 20.0 Å². The standard InChI is InChI=1S/C8H8BrNO7S/c1-16-6(11)3-10-18(14,15)5-2-4(8(12)13)17-7(5)9/h2,10H,3H2,1H3,(H,12,13). The number of aromatic carboxylic acids is 1. The monoisotopic (exact) mass is 341 g/mol. The smallest absolute Gasteiger partial charge is 0.371 e. The Kier molecular flexibility index (Phi) is 4.48. The van der Waals surface area contributed by atoms with E-state index in [0.29, 0.717) is 0 Å². The summed E-state index contributed by atoms with van der Waals surface area (Å²) in [6.45, 7) is -0.571. The van der Waals surface area contributed by atoms with Gasteiger partial charge in [-0.2, -0.15) is 4.72 Å². The van der Waals surface area contributed by atoms with E-state index in [4.69, 9.17) is 5.11 Å². The number of ether oxygens (including phenoxy) is 1. The molecular weight excluding hydrogens is 334 g/mol. The van der Waals surface area contributed by atoms with Gasteiger partial charge in [0.1, 0.15) is 11.4 Å². The second-order valence-electron chi connectivity index (χ2n) is 2.95. The van der Waals surface area contributed by atoms with Crippen molar-refractivity contribution in [3.8, 4) is 0 Å². The maximum Gasteiger partial charge on any atom is 0.371 e. The summed E-state index contributed by atoms with van der Waals surface area (Å²) >= 11 is 2.78. The number of carboxylic acids is 1. The van der Waals surface area contributed by atoms with Crippen molar-refractivity contribution in [1.29, 1.82) is 0 Å². The molecule has 2 N–H and O–H groups in total. The van der Waals surface area contributed by atoms with E-state index < -0.39 is 39.2 Å². The number of hydrogen-bond donors (Lipinski definition) is 2. The van der Waals surface area contributed by atoms with E-state index in [0.717, 1.165) is 13.2 Å². The van der Waals surface area contributed by atoms with Gasteiger partial charge < -0.3 is 14.3 Å². The number of esters is 1. The number of nitrogens with one attached hydrogen (secondary N) is 1. The third-order valence-corrected chi connectivity index (χ3v) is 4.05. The Morgan fingerprint density at radius 3 is 2.61 bits per heavy atom. The van der Waals surface area contributed by atoms with Crippen molar-refractivity contribution in [3.05, 3.63) is 16.5 Å². The molecule has 0 bridgehead atoms. The zero-order valence-electron chi connectivity index (χ0n) is 8.97. The molecular formula is C8H8BrNO7S. The normalized spacial score (nSPS) is 11.2. The summed E-state index contributed by atoms with van der Waals surface area (Å²) in [5.74, 6) is -2.73. The molecule has 10 heteroatoms. The second kappa shape index (κ2) is 5.50. The molecule has 0 aromatic carbocycles. The number of sulfonamides is 1. The third kappa shape index (κ3) is 3.31. The number of methoxy groups -OCH3 is 1. The molecule has 1 heterocycles. The van der Waals surface area contributed by atoms with Crippen LogP contribution < -0.4 is 4.72 Å². The fraction of sp³-hybridized carbons (Fsp3) is 0.250. The highest BCUT2D eigenvalue weighted by Crippen LogP contribution is 2.25. The Morgan fingerprint density at radius 1 is 1.56 bits per heavy atom. The first kappa shape index (κ1) is 14.7. The van der Waals surface area contributed by atoms with Crippen LogP contribution in [0, 0.1) is 0 Å². The highest BCUT2D eigenvalue weighted by Gasteiger charge is 2.25. The van der Waals surface area contributed by atoms with Crippen LogP contribution in [0.3, 0.4) is 0 Å². The van der Waals surface area contributed by atoms with E-state index in [2.05, 4.69) is 25.1 Å². The molecule has 1 aromatic heterocycles. The third-order valence-electron chi connectivity index (χ3n) is 1.79. The average Bonchev–Trinajstić information content (AvgIpc) is 2.69. The van der Waals surface area contributed by atoms with E-state index in [1.165, 1.54) is 0 Å². The lowest BCUT2D eigenvalue weighted by Crippen LogP contribution is -2.30. The molecule has 1 rings (SSSR count). The first-order chi connectivity index (χ1) is 8.27. The molecule has 0 saturated carbocycles. The molecule has 0 aliphatic heterocycles. The lowest BCUT2D eigenvalue weighted by Gasteiger charge is -2.03. The summed E-state index contributed by atoms with van der Waals surface area (Å²) in [4.78, 5) is 21.0. The number of furan rings is 1. The van der Waals surface area contributed by atoms with Crippen molar-refractivity contribution in [2.24, 2.45) is 0 Å². The zero-order chi connectivity index (χ0) is 13.9. The van der Waals surface area contributed by atoms with Crippen LogP contribution in [-0.4, -0.2) is 39.1 Å². The molecule has 100 valence electrons. The van der Waals surface area contributed by atoms with Crippen LogP contribution in [0.1, 0.15) is 10.6 Å². The molecule has 1 aromatic rings. The van der Waals surface area contributed by atoms with Crippen molar-refractivity contribution >= 4 is 37.9 Å². The lowest BCUT2D eigenvalue weighted by molar-refractivity contribution is -0.139. The number of halogens is 1. The Bertz CT molecular complexity index is 576. The number of rotatable bonds is 5. The molecule has 18 heavy (non-hydrogen) atoms. The minimum absolute atomic E-state index is 0.266. The molecule has 0 amide bonds. The first-order valence-corrected chi connectivity index (χ1v) is 6.64. The van der Waals surface area contributed by atoms with Gasteiger partial charge in [-0.05, 0) is 15.9 Å². The van der Waals surface area contributed by atoms with Gasteiger partial charge in [0.15, 0.2) is 4.67 Å². The van der Waals surface area contributed by atoms with Crippen LogP contribution in [-0.2, 0) is 19.6 Å². The van der Waals surface area contributed by atoms with Gasteiger partial charge in [-0.1, -0.05) is 0 Å². The lowest BCUT2D eigenvalue weighted by atomic mass is 10.5. The minimum Gasteiger partial charge on any atom is -0.475 e. The van der Waals surface area contributed by atoms with Gasteiger partial charge in [-0.25, -0.2) is 13.2 Å². The fourth-order valence-corrected chi connectivity index (χ4v) is 2.85. The van der Waals surface area contributed by atoms with E-state index in [-0.39, 0.29) is 4.67 Å². The van der Waals surface area contributed by atoms with Crippen molar-refractivity contribution in [3.63, 3.8) is 0 Å². The second-order valence-corrected chi connectivity index (χ2v) is 5.41. The first-order valence-electron chi connectivity index (χ1n) is 4.37. The largest absolute Gasteiger partial charge is 0.475 e.